The molecule has 0 bridgehead atoms. The number of carbonyl (C=O) groups excluding carboxylic acids is 1. The lowest BCUT2D eigenvalue weighted by Gasteiger charge is -2.30. The van der Waals surface area contributed by atoms with Crippen LogP contribution in [-0.4, -0.2) is 46.3 Å². The zero-order chi connectivity index (χ0) is 10.7. The minimum atomic E-state index is -0.526. The van der Waals surface area contributed by atoms with Crippen LogP contribution in [0.5, 0.6) is 0 Å². The van der Waals surface area contributed by atoms with Crippen LogP contribution < -0.4 is 0 Å². The molecule has 0 spiro atoms. The summed E-state index contributed by atoms with van der Waals surface area (Å²) in [4.78, 5) is 13.2. The number of aliphatic hydroxyl groups is 2. The Labute approximate surface area is 84.5 Å². The fourth-order valence-electron chi connectivity index (χ4n) is 2.01. The molecule has 2 unspecified atom stereocenters. The summed E-state index contributed by atoms with van der Waals surface area (Å²) in [7, 11) is 0. The lowest BCUT2D eigenvalue weighted by molar-refractivity contribution is -0.130. The maximum atomic E-state index is 11.5. The molecule has 2 N–H and O–H groups in total. The molecule has 0 aromatic carbocycles. The molecule has 0 aromatic heterocycles. The van der Waals surface area contributed by atoms with Crippen LogP contribution in [0.4, 0.5) is 0 Å². The number of rotatable bonds is 4. The summed E-state index contributed by atoms with van der Waals surface area (Å²) < 4.78 is 0. The number of β-amino-alcohol motifs (C(OH)–C–C–N with tert-alkyl or cyclic N) is 1. The van der Waals surface area contributed by atoms with E-state index < -0.39 is 6.10 Å². The normalized spacial score (nSPS) is 24.8. The topological polar surface area (TPSA) is 60.8 Å². The molecule has 0 saturated carbocycles. The van der Waals surface area contributed by atoms with Crippen molar-refractivity contribution in [3.63, 3.8) is 0 Å². The Hall–Kier alpha value is -0.610. The van der Waals surface area contributed by atoms with E-state index in [0.717, 1.165) is 0 Å². The molecule has 14 heavy (non-hydrogen) atoms. The second-order valence-corrected chi connectivity index (χ2v) is 4.23. The highest BCUT2D eigenvalue weighted by molar-refractivity contribution is 5.79. The molecule has 1 rings (SSSR count). The Morgan fingerprint density at radius 1 is 1.57 bits per heavy atom. The number of hydrogen-bond acceptors (Lipinski definition) is 3. The van der Waals surface area contributed by atoms with Gasteiger partial charge in [0.1, 0.15) is 0 Å². The largest absolute Gasteiger partial charge is 0.396 e. The number of carbonyl (C=O) groups is 1. The Kier molecular flexibility index (Phi) is 3.89. The van der Waals surface area contributed by atoms with Crippen molar-refractivity contribution in [2.45, 2.75) is 38.8 Å². The number of hydrogen-bond donors (Lipinski definition) is 2. The van der Waals surface area contributed by atoms with Crippen molar-refractivity contribution < 1.29 is 15.0 Å². The van der Waals surface area contributed by atoms with E-state index in [0.29, 0.717) is 18.9 Å². The Morgan fingerprint density at radius 2 is 2.21 bits per heavy atom. The smallest absolute Gasteiger partial charge is 0.225 e. The zero-order valence-corrected chi connectivity index (χ0v) is 8.81. The average Bonchev–Trinajstić information content (AvgIpc) is 2.40. The molecule has 1 fully saturated rings. The van der Waals surface area contributed by atoms with Crippen LogP contribution in [0.1, 0.15) is 26.7 Å². The maximum Gasteiger partial charge on any atom is 0.225 e. The van der Waals surface area contributed by atoms with Gasteiger partial charge in [-0.05, 0) is 12.3 Å². The molecule has 0 radical (unpaired) electrons. The van der Waals surface area contributed by atoms with Crippen molar-refractivity contribution in [3.8, 4) is 0 Å². The fourth-order valence-corrected chi connectivity index (χ4v) is 2.01. The summed E-state index contributed by atoms with van der Waals surface area (Å²) in [5, 5.41) is 18.2. The van der Waals surface area contributed by atoms with Crippen molar-refractivity contribution in [3.05, 3.63) is 0 Å². The minimum absolute atomic E-state index is 0.00431. The summed E-state index contributed by atoms with van der Waals surface area (Å²) in [5.74, 6) is 0.320. The lowest BCUT2D eigenvalue weighted by atomic mass is 10.00. The highest BCUT2D eigenvalue weighted by Gasteiger charge is 2.34. The van der Waals surface area contributed by atoms with Crippen molar-refractivity contribution in [2.24, 2.45) is 5.92 Å². The molecule has 4 heteroatoms. The first-order valence-electron chi connectivity index (χ1n) is 5.14. The van der Waals surface area contributed by atoms with Gasteiger partial charge < -0.3 is 15.1 Å². The van der Waals surface area contributed by atoms with Gasteiger partial charge in [0, 0.05) is 19.2 Å². The van der Waals surface area contributed by atoms with Crippen LogP contribution in [0.2, 0.25) is 0 Å². The zero-order valence-electron chi connectivity index (χ0n) is 8.81. The van der Waals surface area contributed by atoms with Gasteiger partial charge in [0.25, 0.3) is 0 Å². The quantitative estimate of drug-likeness (QED) is 0.672. The third kappa shape index (κ3) is 2.45. The second-order valence-electron chi connectivity index (χ2n) is 4.23. The van der Waals surface area contributed by atoms with Crippen LogP contribution in [0, 0.1) is 5.92 Å². The molecule has 1 aliphatic rings. The Morgan fingerprint density at radius 3 is 2.57 bits per heavy atom. The summed E-state index contributed by atoms with van der Waals surface area (Å²) in [6.45, 7) is 4.56. The van der Waals surface area contributed by atoms with E-state index in [-0.39, 0.29) is 25.0 Å². The third-order valence-electron chi connectivity index (χ3n) is 2.73. The van der Waals surface area contributed by atoms with Crippen LogP contribution in [0.25, 0.3) is 0 Å². The highest BCUT2D eigenvalue weighted by Crippen LogP contribution is 2.21. The van der Waals surface area contributed by atoms with E-state index in [1.165, 1.54) is 0 Å². The van der Waals surface area contributed by atoms with Gasteiger partial charge in [-0.15, -0.1) is 0 Å². The molecule has 1 amide bonds. The second kappa shape index (κ2) is 4.75. The van der Waals surface area contributed by atoms with E-state index in [1.54, 1.807) is 4.90 Å². The molecule has 0 aliphatic carbocycles. The molecule has 4 nitrogen and oxygen atoms in total. The summed E-state index contributed by atoms with van der Waals surface area (Å²) in [6, 6.07) is 0.0599. The maximum absolute atomic E-state index is 11.5. The molecule has 1 heterocycles. The SMILES string of the molecule is CC(C)C(CCO)N1CC(O)CC1=O. The van der Waals surface area contributed by atoms with E-state index in [4.69, 9.17) is 5.11 Å². The first kappa shape index (κ1) is 11.5. The van der Waals surface area contributed by atoms with Crippen LogP contribution >= 0.6 is 0 Å². The van der Waals surface area contributed by atoms with Crippen LogP contribution in [-0.2, 0) is 4.79 Å². The van der Waals surface area contributed by atoms with Gasteiger partial charge in [-0.25, -0.2) is 0 Å². The molecule has 2 atom stereocenters. The summed E-state index contributed by atoms with van der Waals surface area (Å²) >= 11 is 0. The van der Waals surface area contributed by atoms with Crippen molar-refractivity contribution in [1.82, 2.24) is 4.90 Å². The molecule has 1 saturated heterocycles. The Balaban J connectivity index is 2.63. The van der Waals surface area contributed by atoms with Gasteiger partial charge in [-0.2, -0.15) is 0 Å². The summed E-state index contributed by atoms with van der Waals surface area (Å²) in [5.41, 5.74) is 0. The van der Waals surface area contributed by atoms with Crippen LogP contribution in [0.3, 0.4) is 0 Å². The minimum Gasteiger partial charge on any atom is -0.396 e. The van der Waals surface area contributed by atoms with Crippen molar-refractivity contribution in [1.29, 1.82) is 0 Å². The highest BCUT2D eigenvalue weighted by atomic mass is 16.3. The molecule has 1 aliphatic heterocycles. The van der Waals surface area contributed by atoms with Crippen molar-refractivity contribution in [2.75, 3.05) is 13.2 Å². The van der Waals surface area contributed by atoms with Crippen molar-refractivity contribution >= 4 is 5.91 Å². The van der Waals surface area contributed by atoms with Gasteiger partial charge in [-0.3, -0.25) is 4.79 Å². The average molecular weight is 201 g/mol. The number of likely N-dealkylation sites (tertiary alicyclic amines) is 1. The lowest BCUT2D eigenvalue weighted by Crippen LogP contribution is -2.41. The van der Waals surface area contributed by atoms with Crippen LogP contribution in [0.15, 0.2) is 0 Å². The monoisotopic (exact) mass is 201 g/mol. The first-order chi connectivity index (χ1) is 6.56. The standard InChI is InChI=1S/C10H19NO3/c1-7(2)9(3-4-12)11-6-8(13)5-10(11)14/h7-9,12-13H,3-6H2,1-2H3. The molecule has 0 aromatic rings. The first-order valence-corrected chi connectivity index (χ1v) is 5.14. The van der Waals surface area contributed by atoms with E-state index in [1.807, 2.05) is 13.8 Å². The third-order valence-corrected chi connectivity index (χ3v) is 2.73. The van der Waals surface area contributed by atoms with E-state index >= 15 is 0 Å². The van der Waals surface area contributed by atoms with Gasteiger partial charge >= 0.3 is 0 Å². The van der Waals surface area contributed by atoms with Gasteiger partial charge in [0.2, 0.25) is 5.91 Å². The molecular formula is C10H19NO3. The van der Waals surface area contributed by atoms with E-state index in [2.05, 4.69) is 0 Å². The van der Waals surface area contributed by atoms with E-state index in [9.17, 15) is 9.90 Å². The number of nitrogens with zero attached hydrogens (tertiary/aromatic N) is 1. The van der Waals surface area contributed by atoms with Gasteiger partial charge in [0.05, 0.1) is 12.5 Å². The Bertz CT molecular complexity index is 206. The predicted octanol–water partition coefficient (Wildman–Crippen LogP) is -0.0134. The molecular weight excluding hydrogens is 182 g/mol. The van der Waals surface area contributed by atoms with Gasteiger partial charge in [-0.1, -0.05) is 13.8 Å². The number of amides is 1. The van der Waals surface area contributed by atoms with Gasteiger partial charge in [0.15, 0.2) is 0 Å². The molecule has 82 valence electrons. The fraction of sp³-hybridized carbons (Fsp3) is 0.900. The predicted molar refractivity (Wildman–Crippen MR) is 52.7 cm³/mol. The summed E-state index contributed by atoms with van der Waals surface area (Å²) in [6.07, 6.45) is 0.299. The number of aliphatic hydroxyl groups excluding tert-OH is 2.